The molecule has 1 aliphatic heterocycles. The lowest BCUT2D eigenvalue weighted by molar-refractivity contribution is -0.384. The summed E-state index contributed by atoms with van der Waals surface area (Å²) in [6.07, 6.45) is 1.41. The predicted molar refractivity (Wildman–Crippen MR) is 128 cm³/mol. The van der Waals surface area contributed by atoms with Crippen LogP contribution < -0.4 is 0 Å². The number of hydrogen-bond acceptors (Lipinski definition) is 6. The molecule has 0 amide bonds. The van der Waals surface area contributed by atoms with E-state index in [1.807, 2.05) is 6.92 Å². The van der Waals surface area contributed by atoms with Gasteiger partial charge in [-0.05, 0) is 31.2 Å². The summed E-state index contributed by atoms with van der Waals surface area (Å²) in [6, 6.07) is 17.9. The van der Waals surface area contributed by atoms with Crippen molar-refractivity contribution in [3.8, 4) is 5.69 Å². The Morgan fingerprint density at radius 1 is 1.03 bits per heavy atom. The zero-order chi connectivity index (χ0) is 24.0. The molecule has 1 aliphatic rings. The minimum atomic E-state index is -3.92. The molecule has 0 unspecified atom stereocenters. The summed E-state index contributed by atoms with van der Waals surface area (Å²) < 4.78 is 28.5. The molecule has 4 aromatic rings. The van der Waals surface area contributed by atoms with Gasteiger partial charge in [-0.3, -0.25) is 19.7 Å². The fraction of sp³-hybridized carbons (Fsp3) is 0.0833. The maximum Gasteiger partial charge on any atom is 0.270 e. The first kappa shape index (κ1) is 22.0. The summed E-state index contributed by atoms with van der Waals surface area (Å²) in [7, 11) is -3.92. The molecule has 8 nitrogen and oxygen atoms in total. The molecular formula is C24H17ClN4O4S. The number of imidazole rings is 1. The van der Waals surface area contributed by atoms with Crippen LogP contribution in [0.25, 0.3) is 5.69 Å². The van der Waals surface area contributed by atoms with Crippen molar-refractivity contribution in [2.75, 3.05) is 0 Å². The predicted octanol–water partition coefficient (Wildman–Crippen LogP) is 4.93. The molecule has 0 N–H and O–H groups in total. The van der Waals surface area contributed by atoms with E-state index in [1.54, 1.807) is 59.2 Å². The summed E-state index contributed by atoms with van der Waals surface area (Å²) in [6.45, 7) is 1.86. The van der Waals surface area contributed by atoms with Crippen molar-refractivity contribution >= 4 is 32.8 Å². The Hall–Kier alpha value is -3.82. The Bertz CT molecular complexity index is 1590. The molecule has 170 valence electrons. The third-order valence-corrected chi connectivity index (χ3v) is 7.71. The molecule has 0 saturated heterocycles. The van der Waals surface area contributed by atoms with Gasteiger partial charge in [0.15, 0.2) is 5.03 Å². The first-order chi connectivity index (χ1) is 16.3. The van der Waals surface area contributed by atoms with Crippen molar-refractivity contribution in [2.45, 2.75) is 23.4 Å². The van der Waals surface area contributed by atoms with E-state index in [9.17, 15) is 18.5 Å². The number of aliphatic imine (C=N–C) groups is 1. The van der Waals surface area contributed by atoms with Gasteiger partial charge in [0.1, 0.15) is 6.33 Å². The van der Waals surface area contributed by atoms with Crippen LogP contribution in [0.3, 0.4) is 0 Å². The number of aromatic nitrogens is 2. The van der Waals surface area contributed by atoms with Crippen LogP contribution in [0.15, 0.2) is 88.0 Å². The molecule has 34 heavy (non-hydrogen) atoms. The normalized spacial score (nSPS) is 12.9. The molecule has 0 spiro atoms. The summed E-state index contributed by atoms with van der Waals surface area (Å²) in [5.41, 5.74) is 3.19. The number of hydrogen-bond donors (Lipinski definition) is 0. The van der Waals surface area contributed by atoms with Gasteiger partial charge in [-0.15, -0.1) is 0 Å². The van der Waals surface area contributed by atoms with Gasteiger partial charge in [0.25, 0.3) is 5.69 Å². The number of sulfone groups is 1. The quantitative estimate of drug-likeness (QED) is 0.296. The monoisotopic (exact) mass is 492 g/mol. The number of nitro benzene ring substituents is 1. The third kappa shape index (κ3) is 3.59. The number of non-ortho nitro benzene ring substituents is 1. The summed E-state index contributed by atoms with van der Waals surface area (Å²) in [5, 5.41) is 11.8. The molecule has 3 aromatic carbocycles. The van der Waals surface area contributed by atoms with Crippen molar-refractivity contribution < 1.29 is 13.3 Å². The van der Waals surface area contributed by atoms with Crippen LogP contribution in [0, 0.1) is 17.0 Å². The van der Waals surface area contributed by atoms with E-state index in [0.717, 1.165) is 5.56 Å². The van der Waals surface area contributed by atoms with E-state index in [2.05, 4.69) is 9.98 Å². The average molecular weight is 493 g/mol. The first-order valence-corrected chi connectivity index (χ1v) is 12.1. The summed E-state index contributed by atoms with van der Waals surface area (Å²) in [4.78, 5) is 20.0. The van der Waals surface area contributed by atoms with Crippen molar-refractivity contribution in [1.29, 1.82) is 0 Å². The van der Waals surface area contributed by atoms with Gasteiger partial charge in [-0.1, -0.05) is 47.5 Å². The second-order valence-corrected chi connectivity index (χ2v) is 10.1. The van der Waals surface area contributed by atoms with E-state index >= 15 is 0 Å². The van der Waals surface area contributed by atoms with Gasteiger partial charge in [0.2, 0.25) is 9.84 Å². The van der Waals surface area contributed by atoms with Crippen LogP contribution in [0.1, 0.15) is 22.4 Å². The van der Waals surface area contributed by atoms with Crippen LogP contribution in [0.4, 0.5) is 5.69 Å². The Morgan fingerprint density at radius 2 is 1.76 bits per heavy atom. The molecule has 0 aliphatic carbocycles. The number of rotatable bonds is 4. The molecule has 0 radical (unpaired) electrons. The zero-order valence-corrected chi connectivity index (χ0v) is 19.4. The van der Waals surface area contributed by atoms with Crippen molar-refractivity contribution in [3.63, 3.8) is 0 Å². The van der Waals surface area contributed by atoms with Crippen molar-refractivity contribution in [2.24, 2.45) is 4.99 Å². The van der Waals surface area contributed by atoms with E-state index in [1.165, 1.54) is 18.5 Å². The Kier molecular flexibility index (Phi) is 5.30. The number of nitrogens with zero attached hydrogens (tertiary/aromatic N) is 4. The van der Waals surface area contributed by atoms with E-state index in [4.69, 9.17) is 11.6 Å². The number of aryl methyl sites for hydroxylation is 1. The van der Waals surface area contributed by atoms with Gasteiger partial charge in [0, 0.05) is 28.3 Å². The molecule has 0 bridgehead atoms. The van der Waals surface area contributed by atoms with E-state index in [-0.39, 0.29) is 22.2 Å². The van der Waals surface area contributed by atoms with E-state index < -0.39 is 14.8 Å². The fourth-order valence-corrected chi connectivity index (χ4v) is 5.52. The van der Waals surface area contributed by atoms with Crippen molar-refractivity contribution in [1.82, 2.24) is 9.55 Å². The van der Waals surface area contributed by atoms with E-state index in [0.29, 0.717) is 33.2 Å². The van der Waals surface area contributed by atoms with Crippen LogP contribution in [-0.4, -0.2) is 28.6 Å². The fourth-order valence-electron chi connectivity index (χ4n) is 3.92. The number of benzene rings is 3. The SMILES string of the molecule is Cc1ccc(S(=O)(=O)c2ncn3c2CN=C(c2ccccc2Cl)c2cc([N+](=O)[O-])ccc2-3)cc1. The number of halogens is 1. The topological polar surface area (TPSA) is 107 Å². The lowest BCUT2D eigenvalue weighted by Crippen LogP contribution is -2.08. The zero-order valence-electron chi connectivity index (χ0n) is 17.8. The molecule has 10 heteroatoms. The highest BCUT2D eigenvalue weighted by atomic mass is 35.5. The maximum absolute atomic E-state index is 13.4. The molecule has 0 atom stereocenters. The average Bonchev–Trinajstić information content (AvgIpc) is 3.18. The Balaban J connectivity index is 1.75. The molecule has 1 aromatic heterocycles. The number of nitro groups is 1. The highest BCUT2D eigenvalue weighted by molar-refractivity contribution is 7.91. The maximum atomic E-state index is 13.4. The summed E-state index contributed by atoms with van der Waals surface area (Å²) >= 11 is 6.43. The highest BCUT2D eigenvalue weighted by Crippen LogP contribution is 2.33. The van der Waals surface area contributed by atoms with Gasteiger partial charge in [-0.2, -0.15) is 0 Å². The Morgan fingerprint density at radius 3 is 2.47 bits per heavy atom. The van der Waals surface area contributed by atoms with Gasteiger partial charge >= 0.3 is 0 Å². The van der Waals surface area contributed by atoms with Gasteiger partial charge in [0.05, 0.1) is 33.5 Å². The second-order valence-electron chi connectivity index (χ2n) is 7.79. The molecule has 2 heterocycles. The van der Waals surface area contributed by atoms with Crippen LogP contribution in [-0.2, 0) is 16.4 Å². The summed E-state index contributed by atoms with van der Waals surface area (Å²) in [5.74, 6) is 0. The van der Waals surface area contributed by atoms with Crippen molar-refractivity contribution in [3.05, 3.63) is 111 Å². The molecule has 5 rings (SSSR count). The molecular weight excluding hydrogens is 476 g/mol. The molecule has 0 saturated carbocycles. The van der Waals surface area contributed by atoms with Crippen LogP contribution >= 0.6 is 11.6 Å². The minimum Gasteiger partial charge on any atom is -0.299 e. The standard InChI is InChI=1S/C24H17ClN4O4S/c1-15-6-9-17(10-7-15)34(32,33)24-22-13-26-23(18-4-2-3-5-20(18)25)19-12-16(29(30)31)8-11-21(19)28(22)14-27-24/h2-12,14H,13H2,1H3. The highest BCUT2D eigenvalue weighted by Gasteiger charge is 2.30. The second kappa shape index (κ2) is 8.19. The molecule has 0 fully saturated rings. The minimum absolute atomic E-state index is 0.0105. The van der Waals surface area contributed by atoms with Gasteiger partial charge < -0.3 is 0 Å². The smallest absolute Gasteiger partial charge is 0.270 e. The van der Waals surface area contributed by atoms with Crippen LogP contribution in [0.2, 0.25) is 5.02 Å². The number of fused-ring (bicyclic) bond motifs is 3. The lowest BCUT2D eigenvalue weighted by atomic mass is 10.00. The largest absolute Gasteiger partial charge is 0.299 e. The first-order valence-electron chi connectivity index (χ1n) is 10.2. The third-order valence-electron chi connectivity index (χ3n) is 5.64. The lowest BCUT2D eigenvalue weighted by Gasteiger charge is -2.12. The van der Waals surface area contributed by atoms with Crippen LogP contribution in [0.5, 0.6) is 0 Å². The van der Waals surface area contributed by atoms with Gasteiger partial charge in [-0.25, -0.2) is 13.4 Å². The Labute approximate surface area is 200 Å².